The molecule has 0 aromatic carbocycles. The molecule has 0 radical (unpaired) electrons. The fraction of sp³-hybridized carbons (Fsp3) is 0.750. The van der Waals surface area contributed by atoms with Crippen LogP contribution < -0.4 is 21.4 Å². The Bertz CT molecular complexity index is 1900. The molecule has 1 aromatic heterocycles. The van der Waals surface area contributed by atoms with Crippen LogP contribution in [0.5, 0.6) is 0 Å². The normalized spacial score (nSPS) is 34.5. The van der Waals surface area contributed by atoms with Crippen LogP contribution in [0.2, 0.25) is 0 Å². The number of halogens is 3. The van der Waals surface area contributed by atoms with E-state index < -0.39 is 29.4 Å². The summed E-state index contributed by atoms with van der Waals surface area (Å²) >= 11 is 1.87. The number of rotatable bonds is 12. The highest BCUT2D eigenvalue weighted by Gasteiger charge is 2.61. The van der Waals surface area contributed by atoms with Gasteiger partial charge in [0.05, 0.1) is 12.0 Å². The molecule has 62 heavy (non-hydrogen) atoms. The Hall–Kier alpha value is -3.29. The number of hydrogen-bond acceptors (Lipinski definition) is 12. The minimum Gasteiger partial charge on any atom is -0.351 e. The summed E-state index contributed by atoms with van der Waals surface area (Å²) in [6.07, 6.45) is 18.9. The number of imide groups is 1. The third kappa shape index (κ3) is 8.89. The Balaban J connectivity index is 0.740. The average Bonchev–Trinajstić information content (AvgIpc) is 4.02. The Kier molecular flexibility index (Phi) is 12.7. The zero-order chi connectivity index (χ0) is 43.3. The predicted molar refractivity (Wildman–Crippen MR) is 230 cm³/mol. The first-order valence-corrected chi connectivity index (χ1v) is 23.9. The van der Waals surface area contributed by atoms with Gasteiger partial charge in [0, 0.05) is 92.7 Å². The Morgan fingerprint density at radius 1 is 1.05 bits per heavy atom. The van der Waals surface area contributed by atoms with Crippen molar-refractivity contribution in [3.05, 3.63) is 36.1 Å². The molecule has 4 aliphatic heterocycles. The van der Waals surface area contributed by atoms with Crippen molar-refractivity contribution in [1.82, 2.24) is 34.4 Å². The summed E-state index contributed by atoms with van der Waals surface area (Å²) in [5.41, 5.74) is 0.389. The van der Waals surface area contributed by atoms with E-state index in [1.54, 1.807) is 17.0 Å². The van der Waals surface area contributed by atoms with Gasteiger partial charge in [0.15, 0.2) is 0 Å². The summed E-state index contributed by atoms with van der Waals surface area (Å²) in [7, 11) is 1.76. The summed E-state index contributed by atoms with van der Waals surface area (Å²) in [6.45, 7) is 5.09. The standard InChI is InChI=1S/C44H63F3N10O4S/c1-27(56-20-14-38(58)51-42(56)60)34-10-9-29(22-37(34)53(2)48)35-13-17-54(26-44(35,45)46)25-28-5-3-8-33(21-28)62-55-18-11-30(12-19-55)50-41-49-24-36-39(52-41)57(40(59)43(36)15-16-43)31-6-4-7-32(23-31)61-47/h3,8-10,24,27-35,37H,4-7,11-23,25-26,48H2,1-2H3,(H,49,50,52)(H,51,58,60)/t27-,28?,29?,31?,32-,33?,34?,35?,37?/m1/s1. The second-order valence-corrected chi connectivity index (χ2v) is 20.8. The first-order valence-electron chi connectivity index (χ1n) is 23.0. The molecule has 340 valence electrons. The fourth-order valence-corrected chi connectivity index (χ4v) is 13.1. The Morgan fingerprint density at radius 3 is 2.58 bits per heavy atom. The van der Waals surface area contributed by atoms with E-state index >= 15 is 8.78 Å². The van der Waals surface area contributed by atoms with Crippen LogP contribution in [0.1, 0.15) is 96.0 Å². The first-order chi connectivity index (χ1) is 29.8. The third-order valence-electron chi connectivity index (χ3n) is 15.4. The van der Waals surface area contributed by atoms with Crippen molar-refractivity contribution < 1.29 is 32.6 Å². The number of alkyl halides is 2. The van der Waals surface area contributed by atoms with Gasteiger partial charge in [-0.2, -0.15) is 9.93 Å². The largest absolute Gasteiger partial charge is 0.351 e. The monoisotopic (exact) mass is 884 g/mol. The van der Waals surface area contributed by atoms with E-state index in [1.807, 2.05) is 47.0 Å². The van der Waals surface area contributed by atoms with Crippen molar-refractivity contribution in [3.63, 3.8) is 0 Å². The number of carbonyl (C=O) groups excluding carboxylic acids is 3. The van der Waals surface area contributed by atoms with E-state index in [0.717, 1.165) is 70.0 Å². The molecule has 14 nitrogen and oxygen atoms in total. The van der Waals surface area contributed by atoms with Crippen LogP contribution in [0, 0.1) is 23.7 Å². The smallest absolute Gasteiger partial charge is 0.324 e. The lowest BCUT2D eigenvalue weighted by Gasteiger charge is -2.47. The molecule has 9 atom stereocenters. The number of fused-ring (bicyclic) bond motifs is 2. The van der Waals surface area contributed by atoms with Crippen molar-refractivity contribution in [2.75, 3.05) is 56.5 Å². The van der Waals surface area contributed by atoms with E-state index in [2.05, 4.69) is 37.0 Å². The van der Waals surface area contributed by atoms with Crippen molar-refractivity contribution in [3.8, 4) is 0 Å². The molecular weight excluding hydrogens is 822 g/mol. The van der Waals surface area contributed by atoms with Gasteiger partial charge in [0.2, 0.25) is 17.8 Å². The Morgan fingerprint density at radius 2 is 1.85 bits per heavy atom. The number of carbonyl (C=O) groups is 3. The number of anilines is 2. The van der Waals surface area contributed by atoms with Crippen LogP contribution in [0.15, 0.2) is 30.5 Å². The third-order valence-corrected chi connectivity index (χ3v) is 16.7. The first kappa shape index (κ1) is 43.9. The summed E-state index contributed by atoms with van der Waals surface area (Å²) in [5.74, 6) is 3.51. The number of urea groups is 1. The van der Waals surface area contributed by atoms with Crippen molar-refractivity contribution in [2.24, 2.45) is 29.5 Å². The quantitative estimate of drug-likeness (QED) is 0.104. The van der Waals surface area contributed by atoms with Gasteiger partial charge >= 0.3 is 6.03 Å². The number of hydrogen-bond donors (Lipinski definition) is 3. The van der Waals surface area contributed by atoms with E-state index in [4.69, 9.17) is 10.8 Å². The topological polar surface area (TPSA) is 152 Å². The SMILES string of the molecule is C[C@H](C1C=CC(C2CCN(CC3CC=CC(SN4CCC(Nc5ncc6c(n5)N(C5CCC[C@@H](OF)C5)C(=O)C65CC5)CC4)C3)CC2(F)F)CC1N(C)N)N1CCC(=O)NC1=O. The molecule has 9 rings (SSSR count). The van der Waals surface area contributed by atoms with Crippen molar-refractivity contribution in [1.29, 1.82) is 0 Å². The second-order valence-electron chi connectivity index (χ2n) is 19.5. The minimum atomic E-state index is -2.85. The number of nitrogens with one attached hydrogen (secondary N) is 2. The molecule has 1 spiro atoms. The molecule has 0 bridgehead atoms. The van der Waals surface area contributed by atoms with Gasteiger partial charge in [-0.15, -0.1) is 0 Å². The van der Waals surface area contributed by atoms with Crippen LogP contribution in [0.25, 0.3) is 0 Å². The molecule has 5 heterocycles. The van der Waals surface area contributed by atoms with Gasteiger partial charge < -0.3 is 10.2 Å². The number of aromatic nitrogens is 2. The average molecular weight is 885 g/mol. The number of amides is 4. The summed E-state index contributed by atoms with van der Waals surface area (Å²) in [6, 6.07) is -0.825. The molecule has 1 aromatic rings. The van der Waals surface area contributed by atoms with E-state index in [1.165, 1.54) is 0 Å². The van der Waals surface area contributed by atoms with E-state index in [-0.39, 0.29) is 60.8 Å². The van der Waals surface area contributed by atoms with E-state index in [9.17, 15) is 18.9 Å². The van der Waals surface area contributed by atoms with Gasteiger partial charge in [-0.1, -0.05) is 36.3 Å². The van der Waals surface area contributed by atoms with Crippen LogP contribution in [-0.4, -0.2) is 135 Å². The summed E-state index contributed by atoms with van der Waals surface area (Å²) in [4.78, 5) is 57.3. The number of allylic oxidation sites excluding steroid dienone is 2. The molecule has 4 N–H and O–H groups in total. The molecule has 3 saturated heterocycles. The zero-order valence-corrected chi connectivity index (χ0v) is 36.8. The highest BCUT2D eigenvalue weighted by atomic mass is 32.2. The highest BCUT2D eigenvalue weighted by Crippen LogP contribution is 2.58. The summed E-state index contributed by atoms with van der Waals surface area (Å²) < 4.78 is 47.8. The maximum Gasteiger partial charge on any atom is 0.324 e. The minimum absolute atomic E-state index is 0.0756. The molecule has 5 fully saturated rings. The number of piperidine rings is 2. The van der Waals surface area contributed by atoms with Gasteiger partial charge in [-0.05, 0) is 107 Å². The van der Waals surface area contributed by atoms with Crippen LogP contribution >= 0.6 is 11.9 Å². The van der Waals surface area contributed by atoms with Crippen LogP contribution in [0.4, 0.5) is 29.9 Å². The van der Waals surface area contributed by atoms with Crippen LogP contribution in [-0.2, 0) is 19.9 Å². The number of nitrogens with zero attached hydrogens (tertiary/aromatic N) is 7. The molecule has 18 heteroatoms. The van der Waals surface area contributed by atoms with Crippen LogP contribution in [0.3, 0.4) is 0 Å². The number of hydrazine groups is 1. The molecule has 7 unspecified atom stereocenters. The number of nitrogens with two attached hydrogens (primary N) is 1. The molecular formula is C44H63F3N10O4S. The predicted octanol–water partition coefficient (Wildman–Crippen LogP) is 5.58. The zero-order valence-electron chi connectivity index (χ0n) is 36.0. The van der Waals surface area contributed by atoms with Crippen molar-refractivity contribution >= 4 is 41.6 Å². The summed E-state index contributed by atoms with van der Waals surface area (Å²) in [5, 5.41) is 7.84. The lowest BCUT2D eigenvalue weighted by molar-refractivity contribution is -0.188. The van der Waals surface area contributed by atoms with Crippen molar-refractivity contribution in [2.45, 2.75) is 137 Å². The van der Waals surface area contributed by atoms with Gasteiger partial charge in [0.25, 0.3) is 5.92 Å². The fourth-order valence-electron chi connectivity index (χ4n) is 11.8. The maximum absolute atomic E-state index is 16.1. The number of likely N-dealkylation sites (tertiary alicyclic amines) is 1. The highest BCUT2D eigenvalue weighted by molar-refractivity contribution is 7.97. The lowest BCUT2D eigenvalue weighted by Crippen LogP contribution is -2.59. The van der Waals surface area contributed by atoms with E-state index in [0.29, 0.717) is 68.3 Å². The maximum atomic E-state index is 16.1. The lowest BCUT2D eigenvalue weighted by atomic mass is 9.71. The molecule has 2 saturated carbocycles. The molecule has 8 aliphatic rings. The van der Waals surface area contributed by atoms with Gasteiger partial charge in [-0.25, -0.2) is 27.9 Å². The van der Waals surface area contributed by atoms with Gasteiger partial charge in [-0.3, -0.25) is 30.5 Å². The Labute approximate surface area is 367 Å². The molecule has 4 amide bonds. The van der Waals surface area contributed by atoms with Gasteiger partial charge in [0.1, 0.15) is 11.9 Å². The second kappa shape index (κ2) is 17.9. The molecule has 4 aliphatic carbocycles.